The maximum absolute atomic E-state index is 10.9. The molecule has 0 spiro atoms. The molecule has 0 bridgehead atoms. The van der Waals surface area contributed by atoms with E-state index in [0.717, 1.165) is 22.2 Å². The molecule has 0 radical (unpaired) electrons. The quantitative estimate of drug-likeness (QED) is 0.272. The number of fused-ring (bicyclic) bond motifs is 1. The Kier molecular flexibility index (Phi) is 4.78. The number of nitro groups is 1. The van der Waals surface area contributed by atoms with Crippen LogP contribution in [0, 0.1) is 10.1 Å². The van der Waals surface area contributed by atoms with Gasteiger partial charge in [-0.15, -0.1) is 0 Å². The summed E-state index contributed by atoms with van der Waals surface area (Å²) in [6, 6.07) is 23.9. The first-order chi connectivity index (χ1) is 13.6. The van der Waals surface area contributed by atoms with Crippen LogP contribution < -0.4 is 5.43 Å². The Bertz CT molecular complexity index is 1190. The van der Waals surface area contributed by atoms with E-state index < -0.39 is 4.92 Å². The number of benzene rings is 3. The Morgan fingerprint density at radius 2 is 1.75 bits per heavy atom. The third-order valence-electron chi connectivity index (χ3n) is 4.31. The highest BCUT2D eigenvalue weighted by Crippen LogP contribution is 2.32. The van der Waals surface area contributed by atoms with Crippen molar-refractivity contribution in [2.24, 2.45) is 5.10 Å². The number of hydrogen-bond acceptors (Lipinski definition) is 4. The fourth-order valence-corrected chi connectivity index (χ4v) is 3.39. The highest BCUT2D eigenvalue weighted by molar-refractivity contribution is 6.34. The first-order valence-electron chi connectivity index (χ1n) is 8.53. The summed E-state index contributed by atoms with van der Waals surface area (Å²) in [6.45, 7) is 0. The van der Waals surface area contributed by atoms with Gasteiger partial charge in [-0.1, -0.05) is 54.1 Å². The summed E-state index contributed by atoms with van der Waals surface area (Å²) in [5.74, 6) is 0. The Morgan fingerprint density at radius 1 is 1.00 bits per heavy atom. The van der Waals surface area contributed by atoms with Gasteiger partial charge < -0.3 is 0 Å². The molecule has 1 aromatic heterocycles. The predicted octanol–water partition coefficient (Wildman–Crippen LogP) is 5.64. The Labute approximate surface area is 165 Å². The summed E-state index contributed by atoms with van der Waals surface area (Å²) in [4.78, 5) is 10.5. The van der Waals surface area contributed by atoms with Crippen LogP contribution in [0.4, 0.5) is 11.4 Å². The van der Waals surface area contributed by atoms with E-state index in [9.17, 15) is 10.1 Å². The van der Waals surface area contributed by atoms with Crippen LogP contribution in [-0.2, 0) is 0 Å². The molecule has 28 heavy (non-hydrogen) atoms. The van der Waals surface area contributed by atoms with Gasteiger partial charge in [0.2, 0.25) is 0 Å². The molecular weight excluding hydrogens is 376 g/mol. The molecule has 0 aliphatic carbocycles. The van der Waals surface area contributed by atoms with E-state index in [-0.39, 0.29) is 5.69 Å². The Hall–Kier alpha value is -3.64. The standard InChI is InChI=1S/C21H15ClN4O2/c22-21-19(14-23-24-15-7-6-10-17(13-15)26(27)28)18-11-4-5-12-20(18)25(21)16-8-2-1-3-9-16/h1-14,24H/b23-14+. The summed E-state index contributed by atoms with van der Waals surface area (Å²) in [5, 5.41) is 16.6. The van der Waals surface area contributed by atoms with Gasteiger partial charge in [-0.05, 0) is 24.3 Å². The van der Waals surface area contributed by atoms with Gasteiger partial charge in [0.05, 0.1) is 22.3 Å². The van der Waals surface area contributed by atoms with Crippen LogP contribution in [0.2, 0.25) is 5.15 Å². The summed E-state index contributed by atoms with van der Waals surface area (Å²) >= 11 is 6.69. The number of non-ortho nitro benzene ring substituents is 1. The zero-order valence-electron chi connectivity index (χ0n) is 14.6. The van der Waals surface area contributed by atoms with Crippen molar-refractivity contribution in [1.82, 2.24) is 4.57 Å². The maximum atomic E-state index is 10.9. The van der Waals surface area contributed by atoms with E-state index in [4.69, 9.17) is 11.6 Å². The molecule has 3 aromatic carbocycles. The van der Waals surface area contributed by atoms with Crippen molar-refractivity contribution < 1.29 is 4.92 Å². The second-order valence-corrected chi connectivity index (χ2v) is 6.43. The highest BCUT2D eigenvalue weighted by atomic mass is 35.5. The molecule has 0 unspecified atom stereocenters. The van der Waals surface area contributed by atoms with E-state index in [1.165, 1.54) is 12.1 Å². The number of para-hydroxylation sites is 2. The summed E-state index contributed by atoms with van der Waals surface area (Å²) in [7, 11) is 0. The molecule has 0 atom stereocenters. The average Bonchev–Trinajstić information content (AvgIpc) is 3.00. The lowest BCUT2D eigenvalue weighted by atomic mass is 10.2. The van der Waals surface area contributed by atoms with E-state index in [2.05, 4.69) is 10.5 Å². The van der Waals surface area contributed by atoms with E-state index >= 15 is 0 Å². The van der Waals surface area contributed by atoms with Gasteiger partial charge in [0, 0.05) is 28.8 Å². The fourth-order valence-electron chi connectivity index (χ4n) is 3.05. The Balaban J connectivity index is 1.72. The van der Waals surface area contributed by atoms with Crippen LogP contribution in [0.5, 0.6) is 0 Å². The smallest absolute Gasteiger partial charge is 0.271 e. The zero-order chi connectivity index (χ0) is 19.5. The van der Waals surface area contributed by atoms with Crippen LogP contribution in [0.25, 0.3) is 16.6 Å². The number of anilines is 1. The van der Waals surface area contributed by atoms with E-state index in [1.54, 1.807) is 18.3 Å². The number of nitro benzene ring substituents is 1. The van der Waals surface area contributed by atoms with Crippen molar-refractivity contribution in [3.05, 3.63) is 99.7 Å². The molecule has 0 amide bonds. The van der Waals surface area contributed by atoms with Crippen molar-refractivity contribution >= 4 is 40.1 Å². The monoisotopic (exact) mass is 390 g/mol. The SMILES string of the molecule is O=[N+]([O-])c1cccc(N/N=C/c2c(Cl)n(-c3ccccc3)c3ccccc23)c1. The minimum absolute atomic E-state index is 0.00101. The molecular formula is C21H15ClN4O2. The van der Waals surface area contributed by atoms with Crippen LogP contribution in [0.15, 0.2) is 84.0 Å². The fraction of sp³-hybridized carbons (Fsp3) is 0. The molecule has 1 heterocycles. The van der Waals surface area contributed by atoms with Gasteiger partial charge in [-0.25, -0.2) is 0 Å². The van der Waals surface area contributed by atoms with Crippen molar-refractivity contribution in [1.29, 1.82) is 0 Å². The normalized spacial score (nSPS) is 11.2. The van der Waals surface area contributed by atoms with Gasteiger partial charge in [-0.2, -0.15) is 5.10 Å². The van der Waals surface area contributed by atoms with E-state index in [0.29, 0.717) is 10.8 Å². The van der Waals surface area contributed by atoms with E-state index in [1.807, 2.05) is 59.2 Å². The average molecular weight is 391 g/mol. The lowest BCUT2D eigenvalue weighted by molar-refractivity contribution is -0.384. The third-order valence-corrected chi connectivity index (χ3v) is 4.68. The molecule has 1 N–H and O–H groups in total. The molecule has 0 saturated heterocycles. The molecule has 0 aliphatic heterocycles. The van der Waals surface area contributed by atoms with Crippen molar-refractivity contribution in [2.45, 2.75) is 0 Å². The van der Waals surface area contributed by atoms with Gasteiger partial charge in [0.15, 0.2) is 0 Å². The molecule has 6 nitrogen and oxygen atoms in total. The molecule has 0 saturated carbocycles. The molecule has 4 aromatic rings. The molecule has 4 rings (SSSR count). The number of aromatic nitrogens is 1. The van der Waals surface area contributed by atoms with Crippen LogP contribution >= 0.6 is 11.6 Å². The molecule has 138 valence electrons. The number of halogens is 1. The van der Waals surface area contributed by atoms with Crippen LogP contribution in [-0.4, -0.2) is 15.7 Å². The van der Waals surface area contributed by atoms with Crippen molar-refractivity contribution in [2.75, 3.05) is 5.43 Å². The van der Waals surface area contributed by atoms with Gasteiger partial charge in [0.25, 0.3) is 5.69 Å². The molecule has 0 aliphatic rings. The lowest BCUT2D eigenvalue weighted by Gasteiger charge is -2.06. The number of hydrazone groups is 1. The first kappa shape index (κ1) is 17.8. The van der Waals surface area contributed by atoms with Crippen LogP contribution in [0.3, 0.4) is 0 Å². The zero-order valence-corrected chi connectivity index (χ0v) is 15.4. The maximum Gasteiger partial charge on any atom is 0.271 e. The third kappa shape index (κ3) is 3.33. The largest absolute Gasteiger partial charge is 0.300 e. The van der Waals surface area contributed by atoms with Crippen molar-refractivity contribution in [3.8, 4) is 5.69 Å². The lowest BCUT2D eigenvalue weighted by Crippen LogP contribution is -1.95. The number of nitrogens with zero attached hydrogens (tertiary/aromatic N) is 3. The number of hydrogen-bond donors (Lipinski definition) is 1. The van der Waals surface area contributed by atoms with Crippen LogP contribution in [0.1, 0.15) is 5.56 Å². The second kappa shape index (κ2) is 7.54. The number of rotatable bonds is 5. The summed E-state index contributed by atoms with van der Waals surface area (Å²) < 4.78 is 1.96. The highest BCUT2D eigenvalue weighted by Gasteiger charge is 2.15. The van der Waals surface area contributed by atoms with Gasteiger partial charge >= 0.3 is 0 Å². The Morgan fingerprint density at radius 3 is 2.54 bits per heavy atom. The first-order valence-corrected chi connectivity index (χ1v) is 8.91. The molecule has 0 fully saturated rings. The second-order valence-electron chi connectivity index (χ2n) is 6.07. The topological polar surface area (TPSA) is 72.5 Å². The van der Waals surface area contributed by atoms with Crippen molar-refractivity contribution in [3.63, 3.8) is 0 Å². The number of nitrogens with one attached hydrogen (secondary N) is 1. The molecule has 7 heteroatoms. The summed E-state index contributed by atoms with van der Waals surface area (Å²) in [6.07, 6.45) is 1.63. The summed E-state index contributed by atoms with van der Waals surface area (Å²) in [5.41, 5.74) is 6.03. The minimum Gasteiger partial charge on any atom is -0.300 e. The van der Waals surface area contributed by atoms with Gasteiger partial charge in [0.1, 0.15) is 5.15 Å². The van der Waals surface area contributed by atoms with Gasteiger partial charge in [-0.3, -0.25) is 20.1 Å². The minimum atomic E-state index is -0.445. The predicted molar refractivity (Wildman–Crippen MR) is 113 cm³/mol.